The Balaban J connectivity index is 1.80. The molecule has 0 heterocycles. The Morgan fingerprint density at radius 2 is 1.71 bits per heavy atom. The monoisotopic (exact) mass is 389 g/mol. The third-order valence-electron chi connectivity index (χ3n) is 5.04. The standard InChI is InChI=1S/C21H32N4O3/c1-3-13-25(14-19(26)23-18-12-8-7-9-16(18)2)15-20(27)24-21(28)22-17-10-5-4-6-11-17/h7-9,12,17H,3-6,10-11,13-15H2,1-2H3,(H,23,26)(H2,22,24,27,28)/p+1. The van der Waals surface area contributed by atoms with E-state index in [1.54, 1.807) is 0 Å². The molecule has 1 aliphatic carbocycles. The number of imide groups is 1. The molecule has 4 amide bonds. The highest BCUT2D eigenvalue weighted by molar-refractivity contribution is 5.95. The molecule has 1 aromatic rings. The Bertz CT molecular complexity index is 671. The van der Waals surface area contributed by atoms with Gasteiger partial charge in [-0.25, -0.2) is 4.79 Å². The van der Waals surface area contributed by atoms with Crippen molar-refractivity contribution in [3.63, 3.8) is 0 Å². The summed E-state index contributed by atoms with van der Waals surface area (Å²) in [6.45, 7) is 4.89. The van der Waals surface area contributed by atoms with E-state index in [-0.39, 0.29) is 30.9 Å². The predicted molar refractivity (Wildman–Crippen MR) is 109 cm³/mol. The fourth-order valence-electron chi connectivity index (χ4n) is 3.59. The topological polar surface area (TPSA) is 91.7 Å². The molecule has 0 radical (unpaired) electrons. The zero-order valence-electron chi connectivity index (χ0n) is 17.0. The van der Waals surface area contributed by atoms with Crippen molar-refractivity contribution in [1.29, 1.82) is 0 Å². The second kappa shape index (κ2) is 11.4. The van der Waals surface area contributed by atoms with Crippen molar-refractivity contribution in [2.24, 2.45) is 0 Å². The van der Waals surface area contributed by atoms with Crippen LogP contribution in [0.3, 0.4) is 0 Å². The van der Waals surface area contributed by atoms with Crippen molar-refractivity contribution < 1.29 is 19.3 Å². The Hall–Kier alpha value is -2.41. The van der Waals surface area contributed by atoms with Crippen LogP contribution >= 0.6 is 0 Å². The van der Waals surface area contributed by atoms with E-state index in [9.17, 15) is 14.4 Å². The molecule has 154 valence electrons. The van der Waals surface area contributed by atoms with E-state index in [0.717, 1.165) is 48.3 Å². The third kappa shape index (κ3) is 7.68. The number of nitrogens with one attached hydrogen (secondary N) is 4. The first-order valence-electron chi connectivity index (χ1n) is 10.3. The van der Waals surface area contributed by atoms with Crippen molar-refractivity contribution in [3.05, 3.63) is 29.8 Å². The molecule has 7 heteroatoms. The van der Waals surface area contributed by atoms with E-state index in [1.165, 1.54) is 6.42 Å². The van der Waals surface area contributed by atoms with Gasteiger partial charge in [-0.3, -0.25) is 14.9 Å². The largest absolute Gasteiger partial charge is 0.335 e. The van der Waals surface area contributed by atoms with Crippen molar-refractivity contribution in [2.45, 2.75) is 58.4 Å². The lowest BCUT2D eigenvalue weighted by molar-refractivity contribution is -0.883. The van der Waals surface area contributed by atoms with E-state index in [4.69, 9.17) is 0 Å². The maximum absolute atomic E-state index is 12.4. The average Bonchev–Trinajstić information content (AvgIpc) is 2.64. The van der Waals surface area contributed by atoms with Gasteiger partial charge in [-0.1, -0.05) is 44.4 Å². The van der Waals surface area contributed by atoms with Gasteiger partial charge in [-0.2, -0.15) is 0 Å². The Morgan fingerprint density at radius 1 is 1.04 bits per heavy atom. The van der Waals surface area contributed by atoms with Gasteiger partial charge in [-0.15, -0.1) is 0 Å². The van der Waals surface area contributed by atoms with Crippen molar-refractivity contribution in [2.75, 3.05) is 25.0 Å². The zero-order valence-corrected chi connectivity index (χ0v) is 17.0. The Morgan fingerprint density at radius 3 is 2.39 bits per heavy atom. The molecule has 0 spiro atoms. The molecule has 1 saturated carbocycles. The number of hydrogen-bond donors (Lipinski definition) is 4. The smallest absolute Gasteiger partial charge is 0.321 e. The van der Waals surface area contributed by atoms with Gasteiger partial charge in [-0.05, 0) is 37.8 Å². The van der Waals surface area contributed by atoms with Crippen LogP contribution in [-0.4, -0.2) is 43.5 Å². The molecule has 7 nitrogen and oxygen atoms in total. The fraction of sp³-hybridized carbons (Fsp3) is 0.571. The van der Waals surface area contributed by atoms with Crippen LogP contribution in [0.25, 0.3) is 0 Å². The molecule has 2 rings (SSSR count). The number of aryl methyl sites for hydroxylation is 1. The summed E-state index contributed by atoms with van der Waals surface area (Å²) < 4.78 is 0. The molecular formula is C21H33N4O3+. The van der Waals surface area contributed by atoms with Crippen LogP contribution in [0.5, 0.6) is 0 Å². The second-order valence-electron chi connectivity index (χ2n) is 7.57. The van der Waals surface area contributed by atoms with Crippen LogP contribution < -0.4 is 20.9 Å². The summed E-state index contributed by atoms with van der Waals surface area (Å²) in [4.78, 5) is 37.5. The molecule has 0 bridgehead atoms. The number of carbonyl (C=O) groups excluding carboxylic acids is 3. The number of benzene rings is 1. The van der Waals surface area contributed by atoms with Crippen molar-refractivity contribution in [1.82, 2.24) is 10.6 Å². The minimum Gasteiger partial charge on any atom is -0.335 e. The number of para-hydroxylation sites is 1. The van der Waals surface area contributed by atoms with Crippen LogP contribution in [0, 0.1) is 6.92 Å². The van der Waals surface area contributed by atoms with Gasteiger partial charge in [0, 0.05) is 11.7 Å². The normalized spacial score (nSPS) is 15.5. The lowest BCUT2D eigenvalue weighted by Gasteiger charge is -2.23. The maximum Gasteiger partial charge on any atom is 0.321 e. The summed E-state index contributed by atoms with van der Waals surface area (Å²) in [6, 6.07) is 7.30. The second-order valence-corrected chi connectivity index (χ2v) is 7.57. The van der Waals surface area contributed by atoms with Crippen molar-refractivity contribution >= 4 is 23.5 Å². The number of urea groups is 1. The molecule has 1 fully saturated rings. The van der Waals surface area contributed by atoms with Crippen LogP contribution in [-0.2, 0) is 9.59 Å². The molecule has 0 aromatic heterocycles. The van der Waals surface area contributed by atoms with Gasteiger partial charge in [0.2, 0.25) is 0 Å². The number of carbonyl (C=O) groups is 3. The van der Waals surface area contributed by atoms with Crippen LogP contribution in [0.1, 0.15) is 51.0 Å². The predicted octanol–water partition coefficient (Wildman–Crippen LogP) is 1.39. The van der Waals surface area contributed by atoms with Gasteiger partial charge in [0.1, 0.15) is 0 Å². The van der Waals surface area contributed by atoms with Crippen molar-refractivity contribution in [3.8, 4) is 0 Å². The highest BCUT2D eigenvalue weighted by Crippen LogP contribution is 2.17. The lowest BCUT2D eigenvalue weighted by atomic mass is 9.96. The van der Waals surface area contributed by atoms with E-state index < -0.39 is 6.03 Å². The first-order chi connectivity index (χ1) is 13.5. The van der Waals surface area contributed by atoms with E-state index >= 15 is 0 Å². The van der Waals surface area contributed by atoms with Gasteiger partial charge >= 0.3 is 6.03 Å². The number of hydrogen-bond acceptors (Lipinski definition) is 3. The van der Waals surface area contributed by atoms with Gasteiger partial charge < -0.3 is 15.5 Å². The van der Waals surface area contributed by atoms with E-state index in [1.807, 2.05) is 38.1 Å². The van der Waals surface area contributed by atoms with E-state index in [2.05, 4.69) is 16.0 Å². The lowest BCUT2D eigenvalue weighted by Crippen LogP contribution is -3.14. The first-order valence-corrected chi connectivity index (χ1v) is 10.3. The van der Waals surface area contributed by atoms with Gasteiger partial charge in [0.15, 0.2) is 13.1 Å². The summed E-state index contributed by atoms with van der Waals surface area (Å²) in [6.07, 6.45) is 6.21. The maximum atomic E-state index is 12.4. The van der Waals surface area contributed by atoms with Crippen LogP contribution in [0.15, 0.2) is 24.3 Å². The summed E-state index contributed by atoms with van der Waals surface area (Å²) in [5.41, 5.74) is 1.77. The average molecular weight is 390 g/mol. The summed E-state index contributed by atoms with van der Waals surface area (Å²) in [5.74, 6) is -0.502. The molecule has 1 aliphatic rings. The molecule has 4 N–H and O–H groups in total. The molecule has 1 atom stereocenters. The molecule has 0 saturated heterocycles. The number of rotatable bonds is 8. The Labute approximate surface area is 167 Å². The fourth-order valence-corrected chi connectivity index (χ4v) is 3.59. The zero-order chi connectivity index (χ0) is 20.4. The molecule has 0 aliphatic heterocycles. The number of anilines is 1. The minimum absolute atomic E-state index is 0.0904. The highest BCUT2D eigenvalue weighted by Gasteiger charge is 2.21. The molecular weight excluding hydrogens is 356 g/mol. The number of amides is 4. The van der Waals surface area contributed by atoms with Crippen LogP contribution in [0.2, 0.25) is 0 Å². The SMILES string of the molecule is CCC[NH+](CC(=O)NC(=O)NC1CCCCC1)CC(=O)Nc1ccccc1C. The highest BCUT2D eigenvalue weighted by atomic mass is 16.2. The van der Waals surface area contributed by atoms with Gasteiger partial charge in [0.05, 0.1) is 6.54 Å². The molecule has 1 unspecified atom stereocenters. The summed E-state index contributed by atoms with van der Waals surface area (Å²) >= 11 is 0. The Kier molecular flexibility index (Phi) is 8.94. The summed E-state index contributed by atoms with van der Waals surface area (Å²) in [7, 11) is 0. The summed E-state index contributed by atoms with van der Waals surface area (Å²) in [5, 5.41) is 8.18. The van der Waals surface area contributed by atoms with Gasteiger partial charge in [0.25, 0.3) is 11.8 Å². The number of quaternary nitrogens is 1. The quantitative estimate of drug-likeness (QED) is 0.541. The van der Waals surface area contributed by atoms with E-state index in [0.29, 0.717) is 6.54 Å². The minimum atomic E-state index is -0.433. The van der Waals surface area contributed by atoms with Crippen LogP contribution in [0.4, 0.5) is 10.5 Å². The third-order valence-corrected chi connectivity index (χ3v) is 5.04. The first kappa shape index (κ1) is 21.9. The molecule has 1 aromatic carbocycles. The molecule has 28 heavy (non-hydrogen) atoms.